The zero-order valence-electron chi connectivity index (χ0n) is 16.6. The molecule has 31 heavy (non-hydrogen) atoms. The Kier molecular flexibility index (Phi) is 4.71. The van der Waals surface area contributed by atoms with Gasteiger partial charge in [0.05, 0.1) is 40.1 Å². The molecule has 0 atom stereocenters. The molecule has 1 aliphatic heterocycles. The Morgan fingerprint density at radius 3 is 2.39 bits per heavy atom. The van der Waals surface area contributed by atoms with Crippen LogP contribution in [0.3, 0.4) is 0 Å². The predicted octanol–water partition coefficient (Wildman–Crippen LogP) is 2.20. The van der Waals surface area contributed by atoms with Gasteiger partial charge in [-0.1, -0.05) is 12.1 Å². The number of aromatic nitrogens is 2. The molecule has 10 heteroatoms. The van der Waals surface area contributed by atoms with Gasteiger partial charge in [0.2, 0.25) is 0 Å². The second-order valence-corrected chi connectivity index (χ2v) is 6.98. The third-order valence-electron chi connectivity index (χ3n) is 5.19. The van der Waals surface area contributed by atoms with Gasteiger partial charge in [0.1, 0.15) is 17.5 Å². The van der Waals surface area contributed by atoms with Crippen molar-refractivity contribution in [3.05, 3.63) is 80.7 Å². The van der Waals surface area contributed by atoms with Gasteiger partial charge in [0.15, 0.2) is 5.78 Å². The summed E-state index contributed by atoms with van der Waals surface area (Å²) < 4.78 is 1.05. The molecular formula is C21H16N6O4. The van der Waals surface area contributed by atoms with Crippen molar-refractivity contribution < 1.29 is 9.72 Å². The van der Waals surface area contributed by atoms with E-state index in [-0.39, 0.29) is 22.2 Å². The number of carbonyl (C=O) groups is 1. The van der Waals surface area contributed by atoms with Crippen LogP contribution in [-0.2, 0) is 11.3 Å². The molecule has 1 aliphatic rings. The monoisotopic (exact) mass is 416 g/mol. The van der Waals surface area contributed by atoms with Crippen LogP contribution >= 0.6 is 0 Å². The van der Waals surface area contributed by atoms with Crippen LogP contribution in [0.25, 0.3) is 10.9 Å². The molecule has 4 rings (SSSR count). The first-order chi connectivity index (χ1) is 14.8. The van der Waals surface area contributed by atoms with Crippen molar-refractivity contribution >= 4 is 33.7 Å². The SMILES string of the molecule is CN1C(=C(C#N)C(=O)Cn2cnc3ccc([N+](=O)[O-])cc3c2=O)N(C)c2ccccc21. The average Bonchev–Trinajstić information content (AvgIpc) is 3.01. The molecule has 154 valence electrons. The normalized spacial score (nSPS) is 12.6. The van der Waals surface area contributed by atoms with E-state index in [2.05, 4.69) is 4.98 Å². The molecule has 0 spiro atoms. The molecule has 0 N–H and O–H groups in total. The summed E-state index contributed by atoms with van der Waals surface area (Å²) in [7, 11) is 3.51. The summed E-state index contributed by atoms with van der Waals surface area (Å²) in [5.74, 6) is -0.163. The third kappa shape index (κ3) is 3.18. The van der Waals surface area contributed by atoms with Gasteiger partial charge in [-0.2, -0.15) is 5.26 Å². The minimum atomic E-state index is -0.608. The number of rotatable bonds is 4. The Morgan fingerprint density at radius 1 is 1.16 bits per heavy atom. The smallest absolute Gasteiger partial charge is 0.270 e. The molecule has 0 amide bonds. The highest BCUT2D eigenvalue weighted by atomic mass is 16.6. The number of hydrogen-bond donors (Lipinski definition) is 0. The Bertz CT molecular complexity index is 1350. The molecule has 0 saturated carbocycles. The summed E-state index contributed by atoms with van der Waals surface area (Å²) in [5, 5.41) is 20.8. The van der Waals surface area contributed by atoms with Crippen molar-refractivity contribution in [3.8, 4) is 6.07 Å². The zero-order valence-corrected chi connectivity index (χ0v) is 16.6. The first-order valence-electron chi connectivity index (χ1n) is 9.21. The van der Waals surface area contributed by atoms with Crippen LogP contribution in [0, 0.1) is 21.4 Å². The van der Waals surface area contributed by atoms with Crippen molar-refractivity contribution in [2.45, 2.75) is 6.54 Å². The van der Waals surface area contributed by atoms with E-state index in [9.17, 15) is 25.0 Å². The number of nitro benzene ring substituents is 1. The summed E-state index contributed by atoms with van der Waals surface area (Å²) in [4.78, 5) is 43.8. The van der Waals surface area contributed by atoms with Crippen LogP contribution in [0.15, 0.2) is 65.0 Å². The molecule has 0 fully saturated rings. The van der Waals surface area contributed by atoms with E-state index < -0.39 is 22.8 Å². The lowest BCUT2D eigenvalue weighted by molar-refractivity contribution is -0.384. The minimum absolute atomic E-state index is 0.0261. The van der Waals surface area contributed by atoms with Crippen molar-refractivity contribution in [1.82, 2.24) is 9.55 Å². The second-order valence-electron chi connectivity index (χ2n) is 6.98. The number of anilines is 2. The van der Waals surface area contributed by atoms with Gasteiger partial charge in [-0.3, -0.25) is 24.3 Å². The topological polar surface area (TPSA) is 125 Å². The molecule has 0 unspecified atom stereocenters. The van der Waals surface area contributed by atoms with Crippen molar-refractivity contribution in [1.29, 1.82) is 5.26 Å². The van der Waals surface area contributed by atoms with E-state index in [1.807, 2.05) is 30.3 Å². The van der Waals surface area contributed by atoms with Crippen LogP contribution in [-0.4, -0.2) is 34.4 Å². The summed E-state index contributed by atoms with van der Waals surface area (Å²) >= 11 is 0. The van der Waals surface area contributed by atoms with Gasteiger partial charge < -0.3 is 9.80 Å². The molecule has 0 radical (unpaired) electrons. The molecule has 0 bridgehead atoms. The summed E-state index contributed by atoms with van der Waals surface area (Å²) in [5.41, 5.74) is 1.02. The van der Waals surface area contributed by atoms with E-state index in [1.54, 1.807) is 23.9 Å². The van der Waals surface area contributed by atoms with Gasteiger partial charge in [-0.25, -0.2) is 4.98 Å². The number of fused-ring (bicyclic) bond motifs is 2. The van der Waals surface area contributed by atoms with Crippen LogP contribution in [0.2, 0.25) is 0 Å². The fraction of sp³-hybridized carbons (Fsp3) is 0.143. The Labute approximate surface area is 176 Å². The first-order valence-corrected chi connectivity index (χ1v) is 9.21. The molecule has 0 saturated heterocycles. The maximum Gasteiger partial charge on any atom is 0.270 e. The average molecular weight is 416 g/mol. The Hall–Kier alpha value is -4.52. The Balaban J connectivity index is 1.74. The van der Waals surface area contributed by atoms with Crippen molar-refractivity contribution in [3.63, 3.8) is 0 Å². The predicted molar refractivity (Wildman–Crippen MR) is 114 cm³/mol. The van der Waals surface area contributed by atoms with Gasteiger partial charge in [-0.15, -0.1) is 0 Å². The number of hydrogen-bond acceptors (Lipinski definition) is 8. The summed E-state index contributed by atoms with van der Waals surface area (Å²) in [6.07, 6.45) is 1.20. The molecule has 1 aromatic heterocycles. The number of nitro groups is 1. The third-order valence-corrected chi connectivity index (χ3v) is 5.19. The van der Waals surface area contributed by atoms with E-state index in [0.717, 1.165) is 22.0 Å². The van der Waals surface area contributed by atoms with Crippen LogP contribution in [0.1, 0.15) is 0 Å². The highest BCUT2D eigenvalue weighted by molar-refractivity contribution is 6.02. The number of non-ortho nitro benzene ring substituents is 1. The molecular weight excluding hydrogens is 400 g/mol. The number of Topliss-reactive ketones (excluding diaryl/α,β-unsaturated/α-hetero) is 1. The van der Waals surface area contributed by atoms with Crippen LogP contribution < -0.4 is 15.4 Å². The second kappa shape index (κ2) is 7.38. The van der Waals surface area contributed by atoms with Gasteiger partial charge in [0, 0.05) is 26.2 Å². The maximum absolute atomic E-state index is 13.0. The molecule has 2 heterocycles. The highest BCUT2D eigenvalue weighted by Gasteiger charge is 2.31. The van der Waals surface area contributed by atoms with Gasteiger partial charge in [-0.05, 0) is 18.2 Å². The number of para-hydroxylation sites is 2. The largest absolute Gasteiger partial charge is 0.328 e. The van der Waals surface area contributed by atoms with Crippen molar-refractivity contribution in [2.24, 2.45) is 0 Å². The number of allylic oxidation sites excluding steroid dienone is 1. The fourth-order valence-electron chi connectivity index (χ4n) is 3.66. The standard InChI is InChI=1S/C21H16N6O4/c1-24-17-5-3-4-6-18(17)25(2)20(24)15(10-22)19(28)11-26-12-23-16-8-7-13(27(30)31)9-14(16)21(26)29/h3-9,12H,11H2,1-2H3. The van der Waals surface area contributed by atoms with Gasteiger partial charge in [0.25, 0.3) is 11.2 Å². The van der Waals surface area contributed by atoms with E-state index >= 15 is 0 Å². The first kappa shape index (κ1) is 19.8. The Morgan fingerprint density at radius 2 is 1.81 bits per heavy atom. The zero-order chi connectivity index (χ0) is 22.3. The lowest BCUT2D eigenvalue weighted by atomic mass is 10.1. The van der Waals surface area contributed by atoms with Crippen LogP contribution in [0.5, 0.6) is 0 Å². The summed E-state index contributed by atoms with van der Waals surface area (Å²) in [6, 6.07) is 13.2. The van der Waals surface area contributed by atoms with Crippen molar-refractivity contribution in [2.75, 3.05) is 23.9 Å². The highest BCUT2D eigenvalue weighted by Crippen LogP contribution is 2.40. The number of nitriles is 1. The van der Waals surface area contributed by atoms with Crippen LogP contribution in [0.4, 0.5) is 17.1 Å². The number of benzene rings is 2. The molecule has 10 nitrogen and oxygen atoms in total. The van der Waals surface area contributed by atoms with E-state index in [4.69, 9.17) is 0 Å². The minimum Gasteiger partial charge on any atom is -0.328 e. The van der Waals surface area contributed by atoms with E-state index in [0.29, 0.717) is 5.82 Å². The molecule has 3 aromatic rings. The maximum atomic E-state index is 13.0. The lowest BCUT2D eigenvalue weighted by Crippen LogP contribution is -2.30. The number of nitrogens with zero attached hydrogens (tertiary/aromatic N) is 6. The lowest BCUT2D eigenvalue weighted by Gasteiger charge is -2.20. The molecule has 0 aliphatic carbocycles. The molecule has 2 aromatic carbocycles. The quantitative estimate of drug-likeness (QED) is 0.274. The summed E-state index contributed by atoms with van der Waals surface area (Å²) in [6.45, 7) is -0.422. The van der Waals surface area contributed by atoms with E-state index in [1.165, 1.54) is 18.5 Å². The number of ketones is 1. The fourth-order valence-corrected chi connectivity index (χ4v) is 3.66. The van der Waals surface area contributed by atoms with Gasteiger partial charge >= 0.3 is 0 Å². The number of carbonyl (C=O) groups excluding carboxylic acids is 1.